The third-order valence-corrected chi connectivity index (χ3v) is 19.6. The summed E-state index contributed by atoms with van der Waals surface area (Å²) in [5.74, 6) is 1.87. The van der Waals surface area contributed by atoms with Crippen molar-refractivity contribution in [1.29, 1.82) is 0 Å². The maximum absolute atomic E-state index is 7.08. The second kappa shape index (κ2) is 9.31. The van der Waals surface area contributed by atoms with E-state index in [2.05, 4.69) is 67.2 Å². The molecule has 0 amide bonds. The highest BCUT2D eigenvalue weighted by Gasteiger charge is 2.54. The van der Waals surface area contributed by atoms with Crippen LogP contribution in [0.3, 0.4) is 0 Å². The van der Waals surface area contributed by atoms with Crippen LogP contribution in [0.4, 0.5) is 0 Å². The molecular weight excluding hydrogens is 535 g/mol. The number of para-hydroxylation sites is 2. The average Bonchev–Trinajstić information content (AvgIpc) is 3.06. The van der Waals surface area contributed by atoms with Crippen molar-refractivity contribution in [3.05, 3.63) is 59.7 Å². The Labute approximate surface area is 225 Å². The van der Waals surface area contributed by atoms with Gasteiger partial charge in [-0.25, -0.2) is 18.7 Å². The lowest BCUT2D eigenvalue weighted by Gasteiger charge is -2.49. The van der Waals surface area contributed by atoms with Crippen molar-refractivity contribution >= 4 is 22.7 Å². The quantitative estimate of drug-likeness (QED) is 0.346. The summed E-state index contributed by atoms with van der Waals surface area (Å²) in [5.41, 5.74) is 2.45. The fourth-order valence-corrected chi connectivity index (χ4v) is 20.4. The standard InChI is InChI=1S/C26H36N7O2P3/c1-7-15-30(16-8-1)36(31-17-9-2-10-18-31)27-37-29-38(28-36)33(22-24-12-4-6-14-26(24)35-38)20-19-32(37)21-23-11-3-5-13-25(23)34-37/h3-6,11-14H,1-2,7-10,15-22H2. The molecule has 6 aliphatic heterocycles. The summed E-state index contributed by atoms with van der Waals surface area (Å²) in [6.45, 7) is 7.54. The molecule has 0 saturated carbocycles. The van der Waals surface area contributed by atoms with Crippen LogP contribution in [0.2, 0.25) is 0 Å². The minimum Gasteiger partial charge on any atom is -0.430 e. The molecule has 8 rings (SSSR count). The van der Waals surface area contributed by atoms with Crippen LogP contribution in [-0.2, 0) is 13.1 Å². The van der Waals surface area contributed by atoms with Crippen molar-refractivity contribution in [3.8, 4) is 11.5 Å². The zero-order valence-electron chi connectivity index (χ0n) is 21.8. The van der Waals surface area contributed by atoms with Gasteiger partial charge in [-0.05, 0) is 37.8 Å². The molecule has 0 aromatic heterocycles. The first-order valence-corrected chi connectivity index (χ1v) is 18.9. The molecule has 0 aliphatic carbocycles. The maximum Gasteiger partial charge on any atom is 0.336 e. The Hall–Kier alpha value is -1.43. The molecule has 2 spiro atoms. The van der Waals surface area contributed by atoms with Crippen LogP contribution in [0.25, 0.3) is 0 Å². The number of fused-ring (bicyclic) bond motifs is 2. The third-order valence-electron chi connectivity index (χ3n) is 8.58. The average molecular weight is 572 g/mol. The highest BCUT2D eigenvalue weighted by atomic mass is 31.3. The smallest absolute Gasteiger partial charge is 0.336 e. The molecule has 6 aliphatic rings. The van der Waals surface area contributed by atoms with Gasteiger partial charge in [-0.3, -0.25) is 0 Å². The zero-order valence-corrected chi connectivity index (χ0v) is 24.5. The predicted octanol–water partition coefficient (Wildman–Crippen LogP) is 7.61. The van der Waals surface area contributed by atoms with Crippen LogP contribution < -0.4 is 9.05 Å². The van der Waals surface area contributed by atoms with E-state index in [0.717, 1.165) is 63.9 Å². The Bertz CT molecular complexity index is 1350. The van der Waals surface area contributed by atoms with Gasteiger partial charge in [0.1, 0.15) is 11.5 Å². The molecule has 2 atom stereocenters. The van der Waals surface area contributed by atoms with E-state index in [4.69, 9.17) is 22.6 Å². The second-order valence-electron chi connectivity index (χ2n) is 11.0. The van der Waals surface area contributed by atoms with E-state index in [1.165, 1.54) is 49.7 Å². The molecule has 2 aromatic rings. The lowest BCUT2D eigenvalue weighted by Crippen LogP contribution is -2.38. The fourth-order valence-electron chi connectivity index (χ4n) is 6.57. The highest BCUT2D eigenvalue weighted by molar-refractivity contribution is 7.81. The topological polar surface area (TPSA) is 68.5 Å². The van der Waals surface area contributed by atoms with E-state index in [1.54, 1.807) is 0 Å². The van der Waals surface area contributed by atoms with Gasteiger partial charge in [-0.15, -0.1) is 4.52 Å². The molecule has 9 nitrogen and oxygen atoms in total. The van der Waals surface area contributed by atoms with Gasteiger partial charge in [0, 0.05) is 63.5 Å². The molecule has 2 aromatic carbocycles. The first kappa shape index (κ1) is 24.4. The lowest BCUT2D eigenvalue weighted by molar-refractivity contribution is 0.303. The van der Waals surface area contributed by atoms with Crippen molar-refractivity contribution < 1.29 is 9.05 Å². The van der Waals surface area contributed by atoms with E-state index in [9.17, 15) is 0 Å². The maximum atomic E-state index is 7.08. The molecule has 0 N–H and O–H groups in total. The summed E-state index contributed by atoms with van der Waals surface area (Å²) < 4.78 is 41.9. The predicted molar refractivity (Wildman–Crippen MR) is 154 cm³/mol. The second-order valence-corrected chi connectivity index (χ2v) is 18.9. The van der Waals surface area contributed by atoms with Crippen LogP contribution in [-0.4, -0.2) is 58.0 Å². The number of benzene rings is 2. The molecule has 38 heavy (non-hydrogen) atoms. The lowest BCUT2D eigenvalue weighted by atomic mass is 10.2. The van der Waals surface area contributed by atoms with E-state index >= 15 is 0 Å². The molecule has 2 fully saturated rings. The molecule has 202 valence electrons. The van der Waals surface area contributed by atoms with Gasteiger partial charge in [0.25, 0.3) is 0 Å². The minimum absolute atomic E-state index is 0.817. The van der Waals surface area contributed by atoms with Crippen molar-refractivity contribution in [3.63, 3.8) is 0 Å². The Balaban J connectivity index is 1.42. The normalized spacial score (nSPS) is 32.8. The van der Waals surface area contributed by atoms with Crippen molar-refractivity contribution in [2.24, 2.45) is 13.5 Å². The van der Waals surface area contributed by atoms with Gasteiger partial charge in [-0.1, -0.05) is 49.2 Å². The van der Waals surface area contributed by atoms with Crippen LogP contribution in [0.1, 0.15) is 49.7 Å². The Morgan fingerprint density at radius 2 is 0.974 bits per heavy atom. The Morgan fingerprint density at radius 3 is 1.50 bits per heavy atom. The van der Waals surface area contributed by atoms with Crippen LogP contribution in [0.15, 0.2) is 62.1 Å². The van der Waals surface area contributed by atoms with Gasteiger partial charge < -0.3 is 9.05 Å². The summed E-state index contributed by atoms with van der Waals surface area (Å²) in [5, 5.41) is 0. The molecule has 6 heterocycles. The van der Waals surface area contributed by atoms with Gasteiger partial charge in [0.05, 0.1) is 0 Å². The summed E-state index contributed by atoms with van der Waals surface area (Å²) >= 11 is 0. The summed E-state index contributed by atoms with van der Waals surface area (Å²) in [4.78, 5) is 0. The van der Waals surface area contributed by atoms with Crippen LogP contribution in [0.5, 0.6) is 11.5 Å². The van der Waals surface area contributed by atoms with Crippen molar-refractivity contribution in [2.75, 3.05) is 39.3 Å². The zero-order chi connectivity index (χ0) is 25.2. The number of rotatable bonds is 2. The van der Waals surface area contributed by atoms with E-state index < -0.39 is 22.7 Å². The van der Waals surface area contributed by atoms with Crippen molar-refractivity contribution in [1.82, 2.24) is 18.7 Å². The number of hydrogen-bond donors (Lipinski definition) is 0. The monoisotopic (exact) mass is 571 g/mol. The Kier molecular flexibility index (Phi) is 5.97. The van der Waals surface area contributed by atoms with Gasteiger partial charge in [0.2, 0.25) is 7.51 Å². The van der Waals surface area contributed by atoms with Gasteiger partial charge in [-0.2, -0.15) is 9.03 Å². The summed E-state index contributed by atoms with van der Waals surface area (Å²) in [6, 6.07) is 16.9. The van der Waals surface area contributed by atoms with E-state index in [0.29, 0.717) is 0 Å². The number of nitrogens with zero attached hydrogens (tertiary/aromatic N) is 7. The van der Waals surface area contributed by atoms with Crippen molar-refractivity contribution in [2.45, 2.75) is 51.6 Å². The third kappa shape index (κ3) is 3.78. The molecule has 12 heteroatoms. The fraction of sp³-hybridized carbons (Fsp3) is 0.538. The SMILES string of the molecule is c1ccc2c(c1)CN1CCN3Cc4ccccc4OP34=NP(N3CCCCC3)(N3CCCCC3)=NP1(=N4)O2. The van der Waals surface area contributed by atoms with E-state index in [1.807, 2.05) is 0 Å². The first-order valence-electron chi connectivity index (χ1n) is 14.2. The largest absolute Gasteiger partial charge is 0.430 e. The molecule has 2 bridgehead atoms. The number of piperidine rings is 2. The van der Waals surface area contributed by atoms with Gasteiger partial charge >= 0.3 is 15.2 Å². The van der Waals surface area contributed by atoms with Crippen LogP contribution in [0, 0.1) is 0 Å². The number of hydrogen-bond acceptors (Lipinski definition) is 9. The Morgan fingerprint density at radius 1 is 0.500 bits per heavy atom. The molecular formula is C26H36N7O2P3. The molecule has 2 saturated heterocycles. The summed E-state index contributed by atoms with van der Waals surface area (Å²) in [7, 11) is -7.97. The molecule has 2 unspecified atom stereocenters. The minimum atomic E-state index is -2.75. The molecule has 0 radical (unpaired) electrons. The summed E-state index contributed by atoms with van der Waals surface area (Å²) in [6.07, 6.45) is 7.39. The van der Waals surface area contributed by atoms with Crippen LogP contribution >= 0.6 is 22.7 Å². The van der Waals surface area contributed by atoms with E-state index in [-0.39, 0.29) is 0 Å². The van der Waals surface area contributed by atoms with Gasteiger partial charge in [0.15, 0.2) is 0 Å². The highest BCUT2D eigenvalue weighted by Crippen LogP contribution is 2.84. The first-order chi connectivity index (χ1) is 18.7.